The standard InChI is InChI=1S/C16H23N3O2/c17-13-4-1-3-12(11-13)6-9-15(20)18-10-2-5-16(21)19-14-7-8-14/h1,3-4,11,14H,2,5-10,17H2,(H,18,20)(H,19,21). The Bertz CT molecular complexity index is 498. The van der Waals surface area contributed by atoms with Gasteiger partial charge in [-0.1, -0.05) is 12.1 Å². The van der Waals surface area contributed by atoms with Crippen LogP contribution >= 0.6 is 0 Å². The number of carbonyl (C=O) groups is 2. The van der Waals surface area contributed by atoms with Gasteiger partial charge in [-0.05, 0) is 43.4 Å². The van der Waals surface area contributed by atoms with Crippen LogP contribution in [0.1, 0.15) is 37.7 Å². The third-order valence-corrected chi connectivity index (χ3v) is 3.44. The van der Waals surface area contributed by atoms with Gasteiger partial charge in [-0.15, -0.1) is 0 Å². The molecule has 0 aliphatic heterocycles. The molecule has 21 heavy (non-hydrogen) atoms. The van der Waals surface area contributed by atoms with Crippen molar-refractivity contribution in [2.75, 3.05) is 12.3 Å². The van der Waals surface area contributed by atoms with Crippen molar-refractivity contribution in [2.24, 2.45) is 0 Å². The molecule has 1 saturated carbocycles. The number of nitrogen functional groups attached to an aromatic ring is 1. The molecule has 0 bridgehead atoms. The van der Waals surface area contributed by atoms with Crippen molar-refractivity contribution in [2.45, 2.75) is 44.6 Å². The molecule has 5 heteroatoms. The van der Waals surface area contributed by atoms with Gasteiger partial charge in [-0.2, -0.15) is 0 Å². The summed E-state index contributed by atoms with van der Waals surface area (Å²) >= 11 is 0. The fourth-order valence-electron chi connectivity index (χ4n) is 2.10. The number of amides is 2. The van der Waals surface area contributed by atoms with Gasteiger partial charge in [0.15, 0.2) is 0 Å². The van der Waals surface area contributed by atoms with Crippen molar-refractivity contribution in [3.05, 3.63) is 29.8 Å². The minimum atomic E-state index is 0.0139. The second-order valence-corrected chi connectivity index (χ2v) is 5.54. The Labute approximate surface area is 125 Å². The highest BCUT2D eigenvalue weighted by Crippen LogP contribution is 2.18. The molecule has 0 unspecified atom stereocenters. The minimum Gasteiger partial charge on any atom is -0.399 e. The number of carbonyl (C=O) groups excluding carboxylic acids is 2. The number of anilines is 1. The topological polar surface area (TPSA) is 84.2 Å². The van der Waals surface area contributed by atoms with Gasteiger partial charge in [0.2, 0.25) is 11.8 Å². The summed E-state index contributed by atoms with van der Waals surface area (Å²) in [5.74, 6) is 0.103. The molecule has 0 saturated heterocycles. The van der Waals surface area contributed by atoms with Crippen LogP contribution in [0.15, 0.2) is 24.3 Å². The van der Waals surface area contributed by atoms with Crippen LogP contribution in [0, 0.1) is 0 Å². The first-order valence-electron chi connectivity index (χ1n) is 7.54. The van der Waals surface area contributed by atoms with E-state index >= 15 is 0 Å². The average molecular weight is 289 g/mol. The first kappa shape index (κ1) is 15.4. The molecule has 4 N–H and O–H groups in total. The summed E-state index contributed by atoms with van der Waals surface area (Å²) in [4.78, 5) is 23.1. The monoisotopic (exact) mass is 289 g/mol. The summed E-state index contributed by atoms with van der Waals surface area (Å²) in [6.07, 6.45) is 4.49. The lowest BCUT2D eigenvalue weighted by molar-refractivity contribution is -0.123. The molecule has 0 spiro atoms. The number of nitrogens with one attached hydrogen (secondary N) is 2. The summed E-state index contributed by atoms with van der Waals surface area (Å²) in [6, 6.07) is 7.98. The second-order valence-electron chi connectivity index (χ2n) is 5.54. The molecule has 1 aliphatic carbocycles. The number of hydrogen-bond donors (Lipinski definition) is 3. The van der Waals surface area contributed by atoms with E-state index in [1.54, 1.807) is 0 Å². The Balaban J connectivity index is 1.53. The van der Waals surface area contributed by atoms with Gasteiger partial charge in [0.05, 0.1) is 0 Å². The zero-order valence-corrected chi connectivity index (χ0v) is 12.2. The van der Waals surface area contributed by atoms with Crippen molar-refractivity contribution in [3.63, 3.8) is 0 Å². The van der Waals surface area contributed by atoms with E-state index in [4.69, 9.17) is 5.73 Å². The Kier molecular flexibility index (Phi) is 5.60. The molecule has 2 amide bonds. The van der Waals surface area contributed by atoms with Gasteiger partial charge >= 0.3 is 0 Å². The van der Waals surface area contributed by atoms with Gasteiger partial charge < -0.3 is 16.4 Å². The molecule has 2 rings (SSSR count). The average Bonchev–Trinajstić information content (AvgIpc) is 3.25. The fourth-order valence-corrected chi connectivity index (χ4v) is 2.10. The molecule has 114 valence electrons. The van der Waals surface area contributed by atoms with E-state index in [-0.39, 0.29) is 11.8 Å². The lowest BCUT2D eigenvalue weighted by atomic mass is 10.1. The van der Waals surface area contributed by atoms with Crippen LogP contribution in [0.25, 0.3) is 0 Å². The van der Waals surface area contributed by atoms with Crippen molar-refractivity contribution in [3.8, 4) is 0 Å². The lowest BCUT2D eigenvalue weighted by Gasteiger charge is -2.06. The van der Waals surface area contributed by atoms with Crippen LogP contribution in [0.3, 0.4) is 0 Å². The van der Waals surface area contributed by atoms with E-state index < -0.39 is 0 Å². The molecule has 5 nitrogen and oxygen atoms in total. The van der Waals surface area contributed by atoms with Crippen molar-refractivity contribution < 1.29 is 9.59 Å². The number of hydrogen-bond acceptors (Lipinski definition) is 3. The van der Waals surface area contributed by atoms with Gasteiger partial charge in [-0.3, -0.25) is 9.59 Å². The molecule has 0 atom stereocenters. The molecule has 0 radical (unpaired) electrons. The molecule has 0 heterocycles. The maximum atomic E-state index is 11.7. The van der Waals surface area contributed by atoms with Crippen LogP contribution in [0.5, 0.6) is 0 Å². The predicted molar refractivity (Wildman–Crippen MR) is 82.6 cm³/mol. The Morgan fingerprint density at radius 2 is 2.00 bits per heavy atom. The highest BCUT2D eigenvalue weighted by atomic mass is 16.2. The van der Waals surface area contributed by atoms with Crippen molar-refractivity contribution in [1.29, 1.82) is 0 Å². The van der Waals surface area contributed by atoms with Gasteiger partial charge in [0.1, 0.15) is 0 Å². The maximum Gasteiger partial charge on any atom is 0.220 e. The lowest BCUT2D eigenvalue weighted by Crippen LogP contribution is -2.28. The van der Waals surface area contributed by atoms with E-state index in [2.05, 4.69) is 10.6 Å². The van der Waals surface area contributed by atoms with Gasteiger partial charge in [0.25, 0.3) is 0 Å². The van der Waals surface area contributed by atoms with Crippen LogP contribution in [0.4, 0.5) is 5.69 Å². The van der Waals surface area contributed by atoms with Gasteiger partial charge in [-0.25, -0.2) is 0 Å². The summed E-state index contributed by atoms with van der Waals surface area (Å²) in [6.45, 7) is 0.549. The highest BCUT2D eigenvalue weighted by molar-refractivity contribution is 5.77. The summed E-state index contributed by atoms with van der Waals surface area (Å²) in [5.41, 5.74) is 7.47. The number of benzene rings is 1. The molecular formula is C16H23N3O2. The van der Waals surface area contributed by atoms with E-state index in [0.717, 1.165) is 24.1 Å². The van der Waals surface area contributed by atoms with Crippen LogP contribution in [-0.4, -0.2) is 24.4 Å². The molecule has 1 aromatic rings. The van der Waals surface area contributed by atoms with Crippen molar-refractivity contribution >= 4 is 17.5 Å². The van der Waals surface area contributed by atoms with E-state index in [9.17, 15) is 9.59 Å². The summed E-state index contributed by atoms with van der Waals surface area (Å²) in [7, 11) is 0. The van der Waals surface area contributed by atoms with E-state index in [1.807, 2.05) is 24.3 Å². The zero-order chi connectivity index (χ0) is 15.1. The third-order valence-electron chi connectivity index (χ3n) is 3.44. The Morgan fingerprint density at radius 1 is 1.19 bits per heavy atom. The largest absolute Gasteiger partial charge is 0.399 e. The Morgan fingerprint density at radius 3 is 2.71 bits per heavy atom. The Hall–Kier alpha value is -2.04. The van der Waals surface area contributed by atoms with E-state index in [1.165, 1.54) is 0 Å². The maximum absolute atomic E-state index is 11.7. The number of nitrogens with two attached hydrogens (primary N) is 1. The first-order chi connectivity index (χ1) is 10.1. The molecule has 1 aromatic carbocycles. The minimum absolute atomic E-state index is 0.0139. The highest BCUT2D eigenvalue weighted by Gasteiger charge is 2.22. The molecule has 1 aliphatic rings. The summed E-state index contributed by atoms with van der Waals surface area (Å²) in [5, 5.41) is 5.77. The smallest absolute Gasteiger partial charge is 0.220 e. The van der Waals surface area contributed by atoms with E-state index in [0.29, 0.717) is 38.3 Å². The van der Waals surface area contributed by atoms with Gasteiger partial charge in [0, 0.05) is 31.1 Å². The number of rotatable bonds is 8. The quantitative estimate of drug-likeness (QED) is 0.499. The number of aryl methyl sites for hydroxylation is 1. The van der Waals surface area contributed by atoms with Crippen LogP contribution in [-0.2, 0) is 16.0 Å². The molecular weight excluding hydrogens is 266 g/mol. The third kappa shape index (κ3) is 6.29. The zero-order valence-electron chi connectivity index (χ0n) is 12.2. The normalized spacial score (nSPS) is 13.7. The van der Waals surface area contributed by atoms with Crippen molar-refractivity contribution in [1.82, 2.24) is 10.6 Å². The fraction of sp³-hybridized carbons (Fsp3) is 0.500. The van der Waals surface area contributed by atoms with Crippen LogP contribution in [0.2, 0.25) is 0 Å². The van der Waals surface area contributed by atoms with Crippen LogP contribution < -0.4 is 16.4 Å². The predicted octanol–water partition coefficient (Wildman–Crippen LogP) is 1.38. The molecule has 1 fully saturated rings. The first-order valence-corrected chi connectivity index (χ1v) is 7.54. The SMILES string of the molecule is Nc1cccc(CCC(=O)NCCCC(=O)NC2CC2)c1. The molecule has 0 aromatic heterocycles. The second kappa shape index (κ2) is 7.67. The summed E-state index contributed by atoms with van der Waals surface area (Å²) < 4.78 is 0.